The zero-order valence-electron chi connectivity index (χ0n) is 21.3. The van der Waals surface area contributed by atoms with E-state index in [-0.39, 0.29) is 12.0 Å². The lowest BCUT2D eigenvalue weighted by Crippen LogP contribution is -2.52. The maximum atomic E-state index is 12.9. The first-order chi connectivity index (χ1) is 17.4. The largest absolute Gasteiger partial charge is 0.378 e. The number of likely N-dealkylation sites (tertiary alicyclic amines) is 1. The number of halogens is 1. The number of imidazole rings is 1. The summed E-state index contributed by atoms with van der Waals surface area (Å²) < 4.78 is 21.8. The molecule has 0 saturated carbocycles. The van der Waals surface area contributed by atoms with E-state index >= 15 is 0 Å². The van der Waals surface area contributed by atoms with Crippen LogP contribution in [-0.2, 0) is 4.74 Å². The number of fused-ring (bicyclic) bond motifs is 2. The van der Waals surface area contributed by atoms with E-state index in [1.165, 1.54) is 0 Å². The fraction of sp³-hybridized carbons (Fsp3) is 0.520. The second kappa shape index (κ2) is 9.98. The van der Waals surface area contributed by atoms with Crippen molar-refractivity contribution in [3.8, 4) is 11.3 Å². The van der Waals surface area contributed by atoms with Gasteiger partial charge in [-0.25, -0.2) is 18.9 Å². The average molecular weight is 496 g/mol. The van der Waals surface area contributed by atoms with Gasteiger partial charge >= 0.3 is 0 Å². The quantitative estimate of drug-likeness (QED) is 0.443. The SMILES string of the molecule is CNc1nc(N)nn2ccc(-c3ccc4nc(C)n(C(C)C)c4n3)c12.F[C@@H]1CCCN(C2COC2)C1. The first-order valence-corrected chi connectivity index (χ1v) is 12.5. The maximum absolute atomic E-state index is 12.9. The van der Waals surface area contributed by atoms with Gasteiger partial charge in [-0.05, 0) is 58.4 Å². The number of piperidine rings is 1. The third-order valence-corrected chi connectivity index (χ3v) is 6.80. The van der Waals surface area contributed by atoms with Gasteiger partial charge in [-0.2, -0.15) is 4.98 Å². The van der Waals surface area contributed by atoms with Crippen LogP contribution in [0.1, 0.15) is 38.6 Å². The Hall–Kier alpha value is -3.31. The summed E-state index contributed by atoms with van der Waals surface area (Å²) in [6.45, 7) is 9.59. The summed E-state index contributed by atoms with van der Waals surface area (Å²) in [5.41, 5.74) is 10.2. The molecule has 1 atom stereocenters. The molecule has 2 aliphatic heterocycles. The Labute approximate surface area is 209 Å². The van der Waals surface area contributed by atoms with Crippen LogP contribution in [0, 0.1) is 6.92 Å². The summed E-state index contributed by atoms with van der Waals surface area (Å²) in [4.78, 5) is 16.0. The van der Waals surface area contributed by atoms with Crippen LogP contribution >= 0.6 is 0 Å². The molecule has 6 heterocycles. The monoisotopic (exact) mass is 495 g/mol. The molecule has 11 heteroatoms. The molecular weight excluding hydrogens is 461 g/mol. The van der Waals surface area contributed by atoms with Crippen LogP contribution in [0.4, 0.5) is 16.2 Å². The van der Waals surface area contributed by atoms with Gasteiger partial charge in [-0.1, -0.05) is 0 Å². The van der Waals surface area contributed by atoms with Crippen molar-refractivity contribution in [1.29, 1.82) is 0 Å². The van der Waals surface area contributed by atoms with Crippen molar-refractivity contribution in [3.63, 3.8) is 0 Å². The topological polar surface area (TPSA) is 111 Å². The van der Waals surface area contributed by atoms with E-state index in [2.05, 4.69) is 43.7 Å². The van der Waals surface area contributed by atoms with Crippen LogP contribution in [0.15, 0.2) is 24.4 Å². The van der Waals surface area contributed by atoms with Crippen molar-refractivity contribution in [2.75, 3.05) is 44.4 Å². The van der Waals surface area contributed by atoms with E-state index < -0.39 is 6.17 Å². The Morgan fingerprint density at radius 3 is 2.64 bits per heavy atom. The van der Waals surface area contributed by atoms with E-state index in [4.69, 9.17) is 15.5 Å². The van der Waals surface area contributed by atoms with E-state index in [1.807, 2.05) is 38.4 Å². The highest BCUT2D eigenvalue weighted by atomic mass is 19.1. The number of alkyl halides is 1. The molecular formula is C25H34FN9O. The molecule has 4 aromatic rings. The molecule has 0 aliphatic carbocycles. The second-order valence-corrected chi connectivity index (χ2v) is 9.68. The third kappa shape index (κ3) is 4.60. The zero-order chi connectivity index (χ0) is 25.4. The van der Waals surface area contributed by atoms with Gasteiger partial charge in [0.2, 0.25) is 5.95 Å². The molecule has 2 fully saturated rings. The second-order valence-electron chi connectivity index (χ2n) is 9.68. The van der Waals surface area contributed by atoms with Crippen molar-refractivity contribution in [2.45, 2.75) is 51.9 Å². The number of anilines is 2. The van der Waals surface area contributed by atoms with Gasteiger partial charge < -0.3 is 20.4 Å². The smallest absolute Gasteiger partial charge is 0.240 e. The Morgan fingerprint density at radius 2 is 1.97 bits per heavy atom. The first-order valence-electron chi connectivity index (χ1n) is 12.5. The minimum atomic E-state index is -0.593. The lowest BCUT2D eigenvalue weighted by Gasteiger charge is -2.40. The molecule has 0 bridgehead atoms. The van der Waals surface area contributed by atoms with E-state index in [9.17, 15) is 4.39 Å². The predicted octanol–water partition coefficient (Wildman–Crippen LogP) is 3.47. The number of aromatic nitrogens is 6. The molecule has 3 N–H and O–H groups in total. The van der Waals surface area contributed by atoms with Crippen molar-refractivity contribution < 1.29 is 9.13 Å². The van der Waals surface area contributed by atoms with E-state index in [0.717, 1.165) is 66.4 Å². The lowest BCUT2D eigenvalue weighted by molar-refractivity contribution is -0.0780. The maximum Gasteiger partial charge on any atom is 0.240 e. The van der Waals surface area contributed by atoms with E-state index in [1.54, 1.807) is 4.52 Å². The van der Waals surface area contributed by atoms with Gasteiger partial charge in [0.25, 0.3) is 0 Å². The van der Waals surface area contributed by atoms with Gasteiger partial charge in [0.05, 0.1) is 24.9 Å². The minimum Gasteiger partial charge on any atom is -0.378 e. The van der Waals surface area contributed by atoms with Crippen molar-refractivity contribution >= 4 is 28.4 Å². The summed E-state index contributed by atoms with van der Waals surface area (Å²) in [6, 6.07) is 6.76. The predicted molar refractivity (Wildman–Crippen MR) is 139 cm³/mol. The molecule has 192 valence electrons. The van der Waals surface area contributed by atoms with Gasteiger partial charge in [0.15, 0.2) is 11.5 Å². The number of aryl methyl sites for hydroxylation is 1. The van der Waals surface area contributed by atoms with Crippen LogP contribution in [-0.4, -0.2) is 79.6 Å². The van der Waals surface area contributed by atoms with Crippen LogP contribution in [0.25, 0.3) is 27.9 Å². The van der Waals surface area contributed by atoms with Crippen molar-refractivity contribution in [3.05, 3.63) is 30.2 Å². The molecule has 2 saturated heterocycles. The third-order valence-electron chi connectivity index (χ3n) is 6.80. The zero-order valence-corrected chi connectivity index (χ0v) is 21.3. The van der Waals surface area contributed by atoms with Crippen LogP contribution < -0.4 is 11.1 Å². The normalized spacial score (nSPS) is 18.9. The van der Waals surface area contributed by atoms with Gasteiger partial charge in [-0.3, -0.25) is 4.90 Å². The number of rotatable bonds is 4. The summed E-state index contributed by atoms with van der Waals surface area (Å²) in [6.07, 6.45) is 3.03. The molecule has 0 aromatic carbocycles. The highest BCUT2D eigenvalue weighted by molar-refractivity contribution is 5.89. The molecule has 2 aliphatic rings. The number of nitrogens with one attached hydrogen (secondary N) is 1. The number of nitrogens with zero attached hydrogens (tertiary/aromatic N) is 7. The molecule has 0 spiro atoms. The number of hydrogen-bond acceptors (Lipinski definition) is 8. The Balaban J connectivity index is 0.000000202. The fourth-order valence-corrected chi connectivity index (χ4v) is 5.00. The number of hydrogen-bond donors (Lipinski definition) is 2. The summed E-state index contributed by atoms with van der Waals surface area (Å²) in [7, 11) is 1.81. The number of nitrogens with two attached hydrogens (primary N) is 1. The van der Waals surface area contributed by atoms with Gasteiger partial charge in [0, 0.05) is 31.4 Å². The van der Waals surface area contributed by atoms with Crippen LogP contribution in [0.5, 0.6) is 0 Å². The molecule has 6 rings (SSSR count). The summed E-state index contributed by atoms with van der Waals surface area (Å²) in [5, 5.41) is 7.32. The standard InChI is InChI=1S/C17H20N8.C8H14FNO/c1-9(2)25-10(3)20-13-6-5-12(21-16(13)25)11-7-8-24-14(11)15(19-4)22-17(18)23-24;9-7-2-1-3-10(4-7)8-5-11-6-8/h5-9H,1-4H3,(H3,18,19,22,23);7-8H,1-6H2/t;7-/m.1/s1. The molecule has 0 radical (unpaired) electrons. The van der Waals surface area contributed by atoms with Gasteiger partial charge in [-0.15, -0.1) is 5.10 Å². The van der Waals surface area contributed by atoms with Gasteiger partial charge in [0.1, 0.15) is 23.0 Å². The highest BCUT2D eigenvalue weighted by Crippen LogP contribution is 2.30. The van der Waals surface area contributed by atoms with E-state index in [0.29, 0.717) is 18.4 Å². The summed E-state index contributed by atoms with van der Waals surface area (Å²) in [5.74, 6) is 1.85. The molecule has 0 unspecified atom stereocenters. The van der Waals surface area contributed by atoms with Crippen molar-refractivity contribution in [1.82, 2.24) is 34.0 Å². The molecule has 4 aromatic heterocycles. The van der Waals surface area contributed by atoms with Crippen LogP contribution in [0.2, 0.25) is 0 Å². The Morgan fingerprint density at radius 1 is 1.17 bits per heavy atom. The number of ether oxygens (including phenoxy) is 1. The Bertz CT molecular complexity index is 1360. The fourth-order valence-electron chi connectivity index (χ4n) is 5.00. The lowest BCUT2D eigenvalue weighted by atomic mass is 10.1. The first kappa shape index (κ1) is 24.4. The Kier molecular flexibility index (Phi) is 6.76. The minimum absolute atomic E-state index is 0.218. The molecule has 0 amide bonds. The van der Waals surface area contributed by atoms with Crippen LogP contribution in [0.3, 0.4) is 0 Å². The highest BCUT2D eigenvalue weighted by Gasteiger charge is 2.30. The molecule has 10 nitrogen and oxygen atoms in total. The van der Waals surface area contributed by atoms with Crippen molar-refractivity contribution in [2.24, 2.45) is 0 Å². The average Bonchev–Trinajstić information content (AvgIpc) is 3.37. The summed E-state index contributed by atoms with van der Waals surface area (Å²) >= 11 is 0. The molecule has 36 heavy (non-hydrogen) atoms. The number of pyridine rings is 1. The number of nitrogen functional groups attached to an aromatic ring is 1.